The van der Waals surface area contributed by atoms with Crippen LogP contribution in [-0.4, -0.2) is 5.11 Å². The van der Waals surface area contributed by atoms with E-state index in [0.29, 0.717) is 10.6 Å². The molecule has 0 aliphatic rings. The second-order valence-electron chi connectivity index (χ2n) is 3.36. The molecule has 0 saturated heterocycles. The first-order chi connectivity index (χ1) is 5.95. The van der Waals surface area contributed by atoms with Crippen LogP contribution in [0.3, 0.4) is 0 Å². The molecule has 13 heavy (non-hydrogen) atoms. The van der Waals surface area contributed by atoms with Gasteiger partial charge in [0.1, 0.15) is 5.75 Å². The van der Waals surface area contributed by atoms with Gasteiger partial charge in [0.05, 0.1) is 5.02 Å². The summed E-state index contributed by atoms with van der Waals surface area (Å²) in [6.07, 6.45) is 0. The Hall–Kier alpha value is -0.730. The van der Waals surface area contributed by atoms with E-state index in [1.54, 1.807) is 0 Å². The highest BCUT2D eigenvalue weighted by Crippen LogP contribution is 2.35. The first kappa shape index (κ1) is 10.4. The number of halogens is 1. The number of hydrogen-bond donors (Lipinski definition) is 2. The smallest absolute Gasteiger partial charge is 0.139 e. The molecule has 1 atom stereocenters. The third-order valence-corrected chi connectivity index (χ3v) is 2.73. The van der Waals surface area contributed by atoms with Crippen LogP contribution in [0.25, 0.3) is 0 Å². The summed E-state index contributed by atoms with van der Waals surface area (Å²) in [5.41, 5.74) is 8.34. The van der Waals surface area contributed by atoms with Crippen molar-refractivity contribution in [2.45, 2.75) is 26.8 Å². The predicted molar refractivity (Wildman–Crippen MR) is 55.2 cm³/mol. The molecular formula is C10H14ClNO. The standard InChI is InChI=1S/C10H14ClNO/c1-5-4-8(7(3)12)10(13)9(11)6(5)2/h4,7,13H,12H2,1-3H3. The quantitative estimate of drug-likeness (QED) is 0.731. The molecule has 0 radical (unpaired) electrons. The minimum Gasteiger partial charge on any atom is -0.506 e. The zero-order valence-corrected chi connectivity index (χ0v) is 8.81. The highest BCUT2D eigenvalue weighted by Gasteiger charge is 2.13. The van der Waals surface area contributed by atoms with Crippen molar-refractivity contribution in [2.75, 3.05) is 0 Å². The molecule has 2 nitrogen and oxygen atoms in total. The minimum atomic E-state index is -0.197. The summed E-state index contributed by atoms with van der Waals surface area (Å²) in [6.45, 7) is 5.65. The van der Waals surface area contributed by atoms with Crippen LogP contribution in [0, 0.1) is 13.8 Å². The first-order valence-corrected chi connectivity index (χ1v) is 4.57. The summed E-state index contributed by atoms with van der Waals surface area (Å²) in [5.74, 6) is 0.111. The number of nitrogens with two attached hydrogens (primary N) is 1. The van der Waals surface area contributed by atoms with E-state index in [-0.39, 0.29) is 11.8 Å². The molecular weight excluding hydrogens is 186 g/mol. The van der Waals surface area contributed by atoms with E-state index in [1.807, 2.05) is 26.8 Å². The van der Waals surface area contributed by atoms with Crippen molar-refractivity contribution in [3.05, 3.63) is 27.8 Å². The van der Waals surface area contributed by atoms with Crippen LogP contribution in [0.5, 0.6) is 5.75 Å². The molecule has 0 bridgehead atoms. The lowest BCUT2D eigenvalue weighted by Gasteiger charge is -2.13. The first-order valence-electron chi connectivity index (χ1n) is 4.19. The van der Waals surface area contributed by atoms with Gasteiger partial charge in [-0.05, 0) is 31.9 Å². The maximum Gasteiger partial charge on any atom is 0.139 e. The van der Waals surface area contributed by atoms with Gasteiger partial charge in [-0.2, -0.15) is 0 Å². The molecule has 0 aliphatic heterocycles. The monoisotopic (exact) mass is 199 g/mol. The largest absolute Gasteiger partial charge is 0.506 e. The van der Waals surface area contributed by atoms with Gasteiger partial charge in [-0.25, -0.2) is 0 Å². The van der Waals surface area contributed by atoms with Gasteiger partial charge in [0.2, 0.25) is 0 Å². The molecule has 3 N–H and O–H groups in total. The Kier molecular flexibility index (Phi) is 2.84. The van der Waals surface area contributed by atoms with Gasteiger partial charge in [0.15, 0.2) is 0 Å². The molecule has 1 unspecified atom stereocenters. The van der Waals surface area contributed by atoms with Gasteiger partial charge in [0, 0.05) is 11.6 Å². The molecule has 0 spiro atoms. The van der Waals surface area contributed by atoms with Crippen molar-refractivity contribution in [2.24, 2.45) is 5.73 Å². The van der Waals surface area contributed by atoms with Crippen LogP contribution < -0.4 is 5.73 Å². The van der Waals surface area contributed by atoms with Crippen molar-refractivity contribution in [1.29, 1.82) is 0 Å². The lowest BCUT2D eigenvalue weighted by atomic mass is 10.0. The molecule has 1 aromatic rings. The van der Waals surface area contributed by atoms with Crippen molar-refractivity contribution in [1.82, 2.24) is 0 Å². The summed E-state index contributed by atoms with van der Waals surface area (Å²) in [6, 6.07) is 1.68. The van der Waals surface area contributed by atoms with E-state index >= 15 is 0 Å². The Bertz CT molecular complexity index is 334. The van der Waals surface area contributed by atoms with E-state index in [9.17, 15) is 5.11 Å². The van der Waals surface area contributed by atoms with Gasteiger partial charge in [-0.15, -0.1) is 0 Å². The third kappa shape index (κ3) is 1.79. The Morgan fingerprint density at radius 3 is 2.46 bits per heavy atom. The number of rotatable bonds is 1. The number of aromatic hydroxyl groups is 1. The molecule has 1 rings (SSSR count). The van der Waals surface area contributed by atoms with Gasteiger partial charge in [-0.1, -0.05) is 17.7 Å². The van der Waals surface area contributed by atoms with Crippen molar-refractivity contribution < 1.29 is 5.11 Å². The second-order valence-corrected chi connectivity index (χ2v) is 3.74. The number of phenols is 1. The summed E-state index contributed by atoms with van der Waals surface area (Å²) < 4.78 is 0. The molecule has 0 amide bonds. The van der Waals surface area contributed by atoms with Crippen LogP contribution in [0.1, 0.15) is 29.7 Å². The molecule has 0 aromatic heterocycles. The fourth-order valence-corrected chi connectivity index (χ4v) is 1.49. The molecule has 0 aliphatic carbocycles. The van der Waals surface area contributed by atoms with E-state index < -0.39 is 0 Å². The molecule has 1 aromatic carbocycles. The van der Waals surface area contributed by atoms with Crippen LogP contribution >= 0.6 is 11.6 Å². The number of aryl methyl sites for hydroxylation is 1. The van der Waals surface area contributed by atoms with Crippen molar-refractivity contribution in [3.8, 4) is 5.75 Å². The number of hydrogen-bond acceptors (Lipinski definition) is 2. The molecule has 3 heteroatoms. The zero-order chi connectivity index (χ0) is 10.2. The van der Waals surface area contributed by atoms with Crippen LogP contribution in [0.2, 0.25) is 5.02 Å². The van der Waals surface area contributed by atoms with Gasteiger partial charge < -0.3 is 10.8 Å². The Balaban J connectivity index is 3.41. The maximum absolute atomic E-state index is 9.66. The molecule has 72 valence electrons. The molecule has 0 fully saturated rings. The average molecular weight is 200 g/mol. The van der Waals surface area contributed by atoms with E-state index in [2.05, 4.69) is 0 Å². The van der Waals surface area contributed by atoms with E-state index in [0.717, 1.165) is 11.1 Å². The third-order valence-electron chi connectivity index (χ3n) is 2.26. The van der Waals surface area contributed by atoms with E-state index in [1.165, 1.54) is 0 Å². The SMILES string of the molecule is Cc1cc(C(C)N)c(O)c(Cl)c1C. The molecule has 0 heterocycles. The minimum absolute atomic E-state index is 0.111. The Morgan fingerprint density at radius 1 is 1.46 bits per heavy atom. The topological polar surface area (TPSA) is 46.2 Å². The predicted octanol–water partition coefficient (Wildman–Crippen LogP) is 2.68. The fraction of sp³-hybridized carbons (Fsp3) is 0.400. The van der Waals surface area contributed by atoms with Crippen LogP contribution in [0.15, 0.2) is 6.07 Å². The van der Waals surface area contributed by atoms with Crippen LogP contribution in [-0.2, 0) is 0 Å². The van der Waals surface area contributed by atoms with Gasteiger partial charge in [0.25, 0.3) is 0 Å². The highest BCUT2D eigenvalue weighted by molar-refractivity contribution is 6.33. The van der Waals surface area contributed by atoms with Crippen LogP contribution in [0.4, 0.5) is 0 Å². The lowest BCUT2D eigenvalue weighted by molar-refractivity contribution is 0.463. The van der Waals surface area contributed by atoms with Gasteiger partial charge in [-0.3, -0.25) is 0 Å². The van der Waals surface area contributed by atoms with Crippen molar-refractivity contribution >= 4 is 11.6 Å². The average Bonchev–Trinajstić information content (AvgIpc) is 2.07. The molecule has 0 saturated carbocycles. The Labute approximate surface area is 83.3 Å². The second kappa shape index (κ2) is 3.56. The summed E-state index contributed by atoms with van der Waals surface area (Å²) >= 11 is 5.93. The summed E-state index contributed by atoms with van der Waals surface area (Å²) in [4.78, 5) is 0. The summed E-state index contributed by atoms with van der Waals surface area (Å²) in [5, 5.41) is 10.1. The van der Waals surface area contributed by atoms with Gasteiger partial charge >= 0.3 is 0 Å². The highest BCUT2D eigenvalue weighted by atomic mass is 35.5. The normalized spacial score (nSPS) is 13.0. The summed E-state index contributed by atoms with van der Waals surface area (Å²) in [7, 11) is 0. The Morgan fingerprint density at radius 2 is 2.00 bits per heavy atom. The number of benzene rings is 1. The maximum atomic E-state index is 9.66. The zero-order valence-electron chi connectivity index (χ0n) is 8.06. The lowest BCUT2D eigenvalue weighted by Crippen LogP contribution is -2.06. The van der Waals surface area contributed by atoms with E-state index in [4.69, 9.17) is 17.3 Å². The van der Waals surface area contributed by atoms with Crippen molar-refractivity contribution in [3.63, 3.8) is 0 Å². The number of phenolic OH excluding ortho intramolecular Hbond substituents is 1. The fourth-order valence-electron chi connectivity index (χ4n) is 1.23.